The quantitative estimate of drug-likeness (QED) is 0.896. The normalized spacial score (nSPS) is 19.6. The molecular formula is C13H17NO2S. The molecule has 0 saturated carbocycles. The smallest absolute Gasteiger partial charge is 0.257 e. The van der Waals surface area contributed by atoms with Gasteiger partial charge in [0.25, 0.3) is 5.91 Å². The maximum Gasteiger partial charge on any atom is 0.257 e. The van der Waals surface area contributed by atoms with Crippen molar-refractivity contribution >= 4 is 17.7 Å². The highest BCUT2D eigenvalue weighted by atomic mass is 32.2. The lowest BCUT2D eigenvalue weighted by atomic mass is 10.1. The molecule has 1 N–H and O–H groups in total. The number of hydrogen-bond donors (Lipinski definition) is 1. The summed E-state index contributed by atoms with van der Waals surface area (Å²) in [5, 5.41) is 9.70. The van der Waals surface area contributed by atoms with Crippen molar-refractivity contribution in [3.8, 4) is 5.75 Å². The molecule has 17 heavy (non-hydrogen) atoms. The van der Waals surface area contributed by atoms with Gasteiger partial charge in [0, 0.05) is 18.3 Å². The lowest BCUT2D eigenvalue weighted by Crippen LogP contribution is -2.36. The number of para-hydroxylation sites is 1. The van der Waals surface area contributed by atoms with E-state index in [2.05, 4.69) is 6.26 Å². The molecular weight excluding hydrogens is 234 g/mol. The lowest BCUT2D eigenvalue weighted by Gasteiger charge is -2.24. The summed E-state index contributed by atoms with van der Waals surface area (Å²) in [4.78, 5) is 14.2. The van der Waals surface area contributed by atoms with Gasteiger partial charge in [-0.05, 0) is 31.2 Å². The summed E-state index contributed by atoms with van der Waals surface area (Å²) in [6.07, 6.45) is 4.19. The summed E-state index contributed by atoms with van der Waals surface area (Å²) in [7, 11) is 0. The van der Waals surface area contributed by atoms with Gasteiger partial charge in [-0.15, -0.1) is 0 Å². The van der Waals surface area contributed by atoms with Crippen LogP contribution >= 0.6 is 11.8 Å². The van der Waals surface area contributed by atoms with Gasteiger partial charge in [-0.2, -0.15) is 11.8 Å². The highest BCUT2D eigenvalue weighted by Gasteiger charge is 2.29. The molecule has 92 valence electrons. The van der Waals surface area contributed by atoms with Crippen molar-refractivity contribution in [3.05, 3.63) is 29.8 Å². The molecule has 1 heterocycles. The predicted molar refractivity (Wildman–Crippen MR) is 70.5 cm³/mol. The first kappa shape index (κ1) is 12.3. The first-order valence-corrected chi connectivity index (χ1v) is 7.21. The minimum atomic E-state index is -0.0420. The Labute approximate surface area is 106 Å². The number of amides is 1. The predicted octanol–water partition coefficient (Wildman–Crippen LogP) is 2.36. The second-order valence-corrected chi connectivity index (χ2v) is 5.18. The Morgan fingerprint density at radius 3 is 3.00 bits per heavy atom. The molecule has 0 unspecified atom stereocenters. The first-order valence-electron chi connectivity index (χ1n) is 5.82. The number of thioether (sulfide) groups is 1. The van der Waals surface area contributed by atoms with E-state index in [1.165, 1.54) is 0 Å². The van der Waals surface area contributed by atoms with Gasteiger partial charge in [-0.1, -0.05) is 12.1 Å². The van der Waals surface area contributed by atoms with E-state index in [0.717, 1.165) is 25.1 Å². The average molecular weight is 251 g/mol. The molecule has 1 saturated heterocycles. The third-order valence-electron chi connectivity index (χ3n) is 3.13. The maximum atomic E-state index is 12.3. The molecule has 1 atom stereocenters. The summed E-state index contributed by atoms with van der Waals surface area (Å²) < 4.78 is 0. The van der Waals surface area contributed by atoms with E-state index in [1.807, 2.05) is 4.90 Å². The van der Waals surface area contributed by atoms with E-state index < -0.39 is 0 Å². The van der Waals surface area contributed by atoms with Crippen molar-refractivity contribution in [2.75, 3.05) is 18.6 Å². The van der Waals surface area contributed by atoms with Crippen molar-refractivity contribution in [3.63, 3.8) is 0 Å². The summed E-state index contributed by atoms with van der Waals surface area (Å²) in [5.41, 5.74) is 0.417. The molecule has 1 amide bonds. The van der Waals surface area contributed by atoms with E-state index in [4.69, 9.17) is 0 Å². The van der Waals surface area contributed by atoms with Crippen LogP contribution in [-0.2, 0) is 0 Å². The SMILES string of the molecule is CSC[C@@H]1CCCN1C(=O)c1ccccc1O. The summed E-state index contributed by atoms with van der Waals surface area (Å²) in [6, 6.07) is 7.08. The number of phenols is 1. The van der Waals surface area contributed by atoms with Gasteiger partial charge in [-0.3, -0.25) is 4.79 Å². The largest absolute Gasteiger partial charge is 0.507 e. The standard InChI is InChI=1S/C13H17NO2S/c1-17-9-10-5-4-8-14(10)13(16)11-6-2-3-7-12(11)15/h2-3,6-7,10,15H,4-5,8-9H2,1H3/t10-/m0/s1. The Hall–Kier alpha value is -1.16. The van der Waals surface area contributed by atoms with Crippen LogP contribution in [0.25, 0.3) is 0 Å². The molecule has 1 aliphatic heterocycles. The number of likely N-dealkylation sites (tertiary alicyclic amines) is 1. The van der Waals surface area contributed by atoms with Crippen LogP contribution in [0.2, 0.25) is 0 Å². The Balaban J connectivity index is 2.17. The van der Waals surface area contributed by atoms with Gasteiger partial charge in [-0.25, -0.2) is 0 Å². The fourth-order valence-corrected chi connectivity index (χ4v) is 3.01. The number of phenolic OH excluding ortho intramolecular Hbond substituents is 1. The van der Waals surface area contributed by atoms with Crippen LogP contribution in [0.1, 0.15) is 23.2 Å². The molecule has 4 heteroatoms. The maximum absolute atomic E-state index is 12.3. The van der Waals surface area contributed by atoms with E-state index >= 15 is 0 Å². The van der Waals surface area contributed by atoms with E-state index in [0.29, 0.717) is 11.6 Å². The Bertz CT molecular complexity index is 408. The third kappa shape index (κ3) is 2.57. The zero-order chi connectivity index (χ0) is 12.3. The molecule has 0 spiro atoms. The van der Waals surface area contributed by atoms with Crippen LogP contribution in [0.3, 0.4) is 0 Å². The molecule has 3 nitrogen and oxygen atoms in total. The number of nitrogens with zero attached hydrogens (tertiary/aromatic N) is 1. The summed E-state index contributed by atoms with van der Waals surface area (Å²) >= 11 is 1.76. The van der Waals surface area contributed by atoms with Crippen molar-refractivity contribution in [1.29, 1.82) is 0 Å². The van der Waals surface area contributed by atoms with E-state index in [1.54, 1.807) is 36.0 Å². The number of carbonyl (C=O) groups excluding carboxylic acids is 1. The highest BCUT2D eigenvalue weighted by molar-refractivity contribution is 7.98. The number of hydrogen-bond acceptors (Lipinski definition) is 3. The van der Waals surface area contributed by atoms with Crippen LogP contribution in [-0.4, -0.2) is 40.5 Å². The van der Waals surface area contributed by atoms with Crippen LogP contribution < -0.4 is 0 Å². The second kappa shape index (κ2) is 5.45. The number of carbonyl (C=O) groups is 1. The van der Waals surface area contributed by atoms with Crippen molar-refractivity contribution in [2.45, 2.75) is 18.9 Å². The molecule has 1 aliphatic rings. The first-order chi connectivity index (χ1) is 8.24. The molecule has 0 radical (unpaired) electrons. The minimum Gasteiger partial charge on any atom is -0.507 e. The molecule has 1 fully saturated rings. The van der Waals surface area contributed by atoms with Crippen molar-refractivity contribution < 1.29 is 9.90 Å². The van der Waals surface area contributed by atoms with Crippen LogP contribution in [0, 0.1) is 0 Å². The van der Waals surface area contributed by atoms with Crippen LogP contribution in [0.15, 0.2) is 24.3 Å². The van der Waals surface area contributed by atoms with Crippen LogP contribution in [0.4, 0.5) is 0 Å². The topological polar surface area (TPSA) is 40.5 Å². The van der Waals surface area contributed by atoms with Gasteiger partial charge in [0.15, 0.2) is 0 Å². The van der Waals surface area contributed by atoms with Gasteiger partial charge in [0.1, 0.15) is 5.75 Å². The van der Waals surface area contributed by atoms with Crippen LogP contribution in [0.5, 0.6) is 5.75 Å². The minimum absolute atomic E-state index is 0.0420. The average Bonchev–Trinajstić information content (AvgIpc) is 2.78. The number of rotatable bonds is 3. The van der Waals surface area contributed by atoms with E-state index in [-0.39, 0.29) is 11.7 Å². The van der Waals surface area contributed by atoms with Gasteiger partial charge in [0.05, 0.1) is 5.56 Å². The Morgan fingerprint density at radius 2 is 2.29 bits per heavy atom. The number of benzene rings is 1. The van der Waals surface area contributed by atoms with Crippen molar-refractivity contribution in [1.82, 2.24) is 4.90 Å². The monoisotopic (exact) mass is 251 g/mol. The molecule has 0 bridgehead atoms. The molecule has 0 aliphatic carbocycles. The second-order valence-electron chi connectivity index (χ2n) is 4.27. The zero-order valence-electron chi connectivity index (χ0n) is 9.93. The summed E-state index contributed by atoms with van der Waals surface area (Å²) in [5.74, 6) is 1.01. The zero-order valence-corrected chi connectivity index (χ0v) is 10.7. The van der Waals surface area contributed by atoms with Gasteiger partial charge >= 0.3 is 0 Å². The molecule has 1 aromatic carbocycles. The summed E-state index contributed by atoms with van der Waals surface area (Å²) in [6.45, 7) is 0.804. The molecule has 2 rings (SSSR count). The molecule has 1 aromatic rings. The van der Waals surface area contributed by atoms with Crippen molar-refractivity contribution in [2.24, 2.45) is 0 Å². The fraction of sp³-hybridized carbons (Fsp3) is 0.462. The lowest BCUT2D eigenvalue weighted by molar-refractivity contribution is 0.0747. The Morgan fingerprint density at radius 1 is 1.53 bits per heavy atom. The highest BCUT2D eigenvalue weighted by Crippen LogP contribution is 2.25. The third-order valence-corrected chi connectivity index (χ3v) is 3.85. The van der Waals surface area contributed by atoms with Gasteiger partial charge < -0.3 is 10.0 Å². The molecule has 0 aromatic heterocycles. The Kier molecular flexibility index (Phi) is 3.94. The van der Waals surface area contributed by atoms with E-state index in [9.17, 15) is 9.90 Å². The van der Waals surface area contributed by atoms with Gasteiger partial charge in [0.2, 0.25) is 0 Å². The fourth-order valence-electron chi connectivity index (χ4n) is 2.28. The number of aromatic hydroxyl groups is 1.